The number of nitrogens with zero attached hydrogens (tertiary/aromatic N) is 1. The van der Waals surface area contributed by atoms with Crippen molar-refractivity contribution in [2.75, 3.05) is 4.90 Å². The zero-order chi connectivity index (χ0) is 19.1. The van der Waals surface area contributed by atoms with Crippen LogP contribution >= 0.6 is 0 Å². The Morgan fingerprint density at radius 1 is 1.19 bits per heavy atom. The molecule has 0 amide bonds. The topological polar surface area (TPSA) is 95.9 Å². The second kappa shape index (κ2) is 6.21. The maximum Gasteiger partial charge on any atom is 0.361 e. The maximum atomic E-state index is 12.4. The lowest BCUT2D eigenvalue weighted by Crippen LogP contribution is -2.33. The molecule has 3 aromatic rings. The number of carboxylic acids is 1. The van der Waals surface area contributed by atoms with Gasteiger partial charge in [0.25, 0.3) is 0 Å². The number of furan rings is 1. The summed E-state index contributed by atoms with van der Waals surface area (Å²) in [4.78, 5) is 25.5. The zero-order valence-corrected chi connectivity index (χ0v) is 14.6. The number of rotatable bonds is 3. The highest BCUT2D eigenvalue weighted by molar-refractivity contribution is 5.95. The van der Waals surface area contributed by atoms with Crippen LogP contribution in [0.25, 0.3) is 16.7 Å². The van der Waals surface area contributed by atoms with E-state index in [4.69, 9.17) is 8.83 Å². The van der Waals surface area contributed by atoms with E-state index >= 15 is 0 Å². The van der Waals surface area contributed by atoms with Gasteiger partial charge in [-0.15, -0.1) is 0 Å². The molecule has 3 heterocycles. The number of benzene rings is 1. The third kappa shape index (κ3) is 2.69. The average molecular weight is 364 g/mol. The summed E-state index contributed by atoms with van der Waals surface area (Å²) in [6, 6.07) is 10.8. The summed E-state index contributed by atoms with van der Waals surface area (Å²) in [5, 5.41) is 13.6. The molecule has 0 saturated carbocycles. The third-order valence-corrected chi connectivity index (χ3v) is 4.46. The molecular formula is C20H16N2O5. The van der Waals surface area contributed by atoms with Crippen molar-refractivity contribution in [3.8, 4) is 0 Å². The molecule has 7 heteroatoms. The predicted molar refractivity (Wildman–Crippen MR) is 100 cm³/mol. The minimum Gasteiger partial charge on any atom is -0.478 e. The molecule has 27 heavy (non-hydrogen) atoms. The molecule has 1 aromatic carbocycles. The van der Waals surface area contributed by atoms with Crippen molar-refractivity contribution in [1.82, 2.24) is 5.32 Å². The van der Waals surface area contributed by atoms with Gasteiger partial charge in [0, 0.05) is 23.0 Å². The Balaban J connectivity index is 1.91. The van der Waals surface area contributed by atoms with Crippen LogP contribution in [0.2, 0.25) is 0 Å². The van der Waals surface area contributed by atoms with Crippen LogP contribution < -0.4 is 15.8 Å². The van der Waals surface area contributed by atoms with Crippen LogP contribution in [-0.4, -0.2) is 11.1 Å². The van der Waals surface area contributed by atoms with E-state index in [1.807, 2.05) is 30.3 Å². The Morgan fingerprint density at radius 2 is 1.96 bits per heavy atom. The number of para-hydroxylation sites is 1. The highest BCUT2D eigenvalue weighted by atomic mass is 16.4. The van der Waals surface area contributed by atoms with Crippen LogP contribution in [0.1, 0.15) is 30.0 Å². The van der Waals surface area contributed by atoms with Crippen molar-refractivity contribution >= 4 is 28.3 Å². The quantitative estimate of drug-likeness (QED) is 0.731. The molecule has 4 rings (SSSR count). The number of anilines is 1. The number of carboxylic acid groups (broad SMARTS) is 1. The minimum absolute atomic E-state index is 0.0497. The zero-order valence-electron chi connectivity index (χ0n) is 14.6. The van der Waals surface area contributed by atoms with Crippen LogP contribution in [-0.2, 0) is 0 Å². The van der Waals surface area contributed by atoms with E-state index in [1.165, 1.54) is 6.07 Å². The molecule has 7 nitrogen and oxygen atoms in total. The molecule has 0 bridgehead atoms. The Bertz CT molecular complexity index is 1150. The van der Waals surface area contributed by atoms with Crippen LogP contribution in [0.3, 0.4) is 0 Å². The van der Waals surface area contributed by atoms with Gasteiger partial charge >= 0.3 is 11.6 Å². The average Bonchev–Trinajstić information content (AvgIpc) is 3.06. The molecule has 0 saturated heterocycles. The van der Waals surface area contributed by atoms with Crippen LogP contribution in [0.5, 0.6) is 0 Å². The van der Waals surface area contributed by atoms with E-state index in [-0.39, 0.29) is 11.3 Å². The number of hydrogen-bond acceptors (Lipinski definition) is 6. The highest BCUT2D eigenvalue weighted by Crippen LogP contribution is 2.33. The van der Waals surface area contributed by atoms with Crippen molar-refractivity contribution in [2.45, 2.75) is 13.8 Å². The van der Waals surface area contributed by atoms with Crippen molar-refractivity contribution in [2.24, 2.45) is 0 Å². The van der Waals surface area contributed by atoms with Crippen LogP contribution in [0.15, 0.2) is 73.9 Å². The normalized spacial score (nSPS) is 14.3. The van der Waals surface area contributed by atoms with E-state index < -0.39 is 11.6 Å². The van der Waals surface area contributed by atoms with Gasteiger partial charge < -0.3 is 24.2 Å². The lowest BCUT2D eigenvalue weighted by atomic mass is 10.1. The number of aromatic carboxylic acids is 1. The van der Waals surface area contributed by atoms with Crippen LogP contribution in [0.4, 0.5) is 5.69 Å². The van der Waals surface area contributed by atoms with Gasteiger partial charge in [0.05, 0.1) is 11.8 Å². The van der Waals surface area contributed by atoms with E-state index in [0.29, 0.717) is 22.9 Å². The summed E-state index contributed by atoms with van der Waals surface area (Å²) in [6.07, 6.45) is 2.77. The van der Waals surface area contributed by atoms with E-state index in [2.05, 4.69) is 5.32 Å². The number of carbonyl (C=O) groups is 1. The summed E-state index contributed by atoms with van der Waals surface area (Å²) in [6.45, 7) is 3.55. The molecule has 136 valence electrons. The van der Waals surface area contributed by atoms with Gasteiger partial charge in [0.2, 0.25) is 0 Å². The molecule has 0 unspecified atom stereocenters. The molecule has 0 fully saturated rings. The Labute approximate surface area is 153 Å². The molecule has 0 spiro atoms. The fourth-order valence-corrected chi connectivity index (χ4v) is 3.21. The Kier molecular flexibility index (Phi) is 3.84. The second-order valence-corrected chi connectivity index (χ2v) is 6.15. The molecule has 2 aromatic heterocycles. The monoisotopic (exact) mass is 364 g/mol. The van der Waals surface area contributed by atoms with E-state index in [9.17, 15) is 14.7 Å². The summed E-state index contributed by atoms with van der Waals surface area (Å²) in [5.41, 5.74) is 1.72. The number of fused-ring (bicyclic) bond motifs is 1. The Hall–Kier alpha value is -3.74. The number of allylic oxidation sites excluding steroid dienone is 2. The van der Waals surface area contributed by atoms with E-state index in [0.717, 1.165) is 17.2 Å². The lowest BCUT2D eigenvalue weighted by molar-refractivity contribution is 0.0696. The third-order valence-electron chi connectivity index (χ3n) is 4.46. The lowest BCUT2D eigenvalue weighted by Gasteiger charge is -2.31. The number of hydrogen-bond donors (Lipinski definition) is 2. The standard InChI is InChI=1S/C20H16N2O5/c1-11-10-21-17(16-9-13-5-3-4-6-15(13)27-16)12(2)22(11)18-14(19(23)24)7-8-26-20(18)25/h3-10,21H,1-2H3,(H,23,24). The summed E-state index contributed by atoms with van der Waals surface area (Å²) < 4.78 is 10.8. The molecule has 2 N–H and O–H groups in total. The smallest absolute Gasteiger partial charge is 0.361 e. The SMILES string of the molecule is CC1=CNC(c2cc3ccccc3o2)=C(C)N1c1c(C(=O)O)ccoc1=O. The minimum atomic E-state index is -1.21. The van der Waals surface area contributed by atoms with Crippen molar-refractivity contribution in [3.05, 3.63) is 82.0 Å². The molecule has 0 radical (unpaired) electrons. The summed E-state index contributed by atoms with van der Waals surface area (Å²) >= 11 is 0. The second-order valence-electron chi connectivity index (χ2n) is 6.15. The van der Waals surface area contributed by atoms with Gasteiger partial charge in [-0.25, -0.2) is 9.59 Å². The van der Waals surface area contributed by atoms with Crippen molar-refractivity contribution < 1.29 is 18.7 Å². The first-order valence-electron chi connectivity index (χ1n) is 8.25. The van der Waals surface area contributed by atoms with E-state index in [1.54, 1.807) is 24.9 Å². The molecule has 0 aliphatic carbocycles. The first-order chi connectivity index (χ1) is 13.0. The Morgan fingerprint density at radius 3 is 2.70 bits per heavy atom. The fraction of sp³-hybridized carbons (Fsp3) is 0.100. The predicted octanol–water partition coefficient (Wildman–Crippen LogP) is 3.74. The van der Waals surface area contributed by atoms with Gasteiger partial charge in [-0.1, -0.05) is 18.2 Å². The summed E-state index contributed by atoms with van der Waals surface area (Å²) in [7, 11) is 0. The van der Waals surface area contributed by atoms with Gasteiger partial charge in [-0.2, -0.15) is 0 Å². The largest absolute Gasteiger partial charge is 0.478 e. The first-order valence-corrected chi connectivity index (χ1v) is 8.25. The van der Waals surface area contributed by atoms with Gasteiger partial charge in [0.15, 0.2) is 5.76 Å². The van der Waals surface area contributed by atoms with Crippen molar-refractivity contribution in [1.29, 1.82) is 0 Å². The van der Waals surface area contributed by atoms with Crippen LogP contribution in [0, 0.1) is 0 Å². The first kappa shape index (κ1) is 16.7. The highest BCUT2D eigenvalue weighted by Gasteiger charge is 2.28. The summed E-state index contributed by atoms with van der Waals surface area (Å²) in [5.74, 6) is -0.623. The van der Waals surface area contributed by atoms with Gasteiger partial charge in [-0.3, -0.25) is 0 Å². The molecule has 0 atom stereocenters. The van der Waals surface area contributed by atoms with Gasteiger partial charge in [0.1, 0.15) is 17.0 Å². The fourth-order valence-electron chi connectivity index (χ4n) is 3.21. The molecule has 1 aliphatic heterocycles. The molecular weight excluding hydrogens is 348 g/mol. The molecule has 1 aliphatic rings. The van der Waals surface area contributed by atoms with Gasteiger partial charge in [-0.05, 0) is 32.0 Å². The van der Waals surface area contributed by atoms with Crippen molar-refractivity contribution in [3.63, 3.8) is 0 Å². The number of nitrogens with one attached hydrogen (secondary N) is 1. The maximum absolute atomic E-state index is 12.4.